The highest BCUT2D eigenvalue weighted by Gasteiger charge is 2.45. The van der Waals surface area contributed by atoms with Crippen LogP contribution in [0.2, 0.25) is 0 Å². The summed E-state index contributed by atoms with van der Waals surface area (Å²) < 4.78 is 14.0. The van der Waals surface area contributed by atoms with E-state index in [0.29, 0.717) is 34.2 Å². The van der Waals surface area contributed by atoms with Crippen LogP contribution in [-0.2, 0) is 9.47 Å². The van der Waals surface area contributed by atoms with Crippen molar-refractivity contribution in [3.8, 4) is 0 Å². The molecule has 0 amide bonds. The molecule has 6 heterocycles. The van der Waals surface area contributed by atoms with Crippen LogP contribution in [0.1, 0.15) is 58.4 Å². The second-order valence-electron chi connectivity index (χ2n) is 13.8. The SMILES string of the molecule is CC(C)CCC=NNc1nc(N)c2ncn([C@@H]3O[C@H](CO)[C@@H](O)[C@H]3O)c2n1.Nc1nc(NN=CC2CC=CCC2)nc2c1ncn2[C@@H]1O[C@H](CO)[C@@H](O)[C@H]1O. The average Bonchev–Trinajstić information content (AvgIpc) is 3.93. The predicted molar refractivity (Wildman–Crippen MR) is 200 cm³/mol. The minimum Gasteiger partial charge on any atom is -0.394 e. The molecule has 0 saturated carbocycles. The zero-order valence-corrected chi connectivity index (χ0v) is 30.3. The molecule has 22 nitrogen and oxygen atoms in total. The molecule has 1 unspecified atom stereocenters. The van der Waals surface area contributed by atoms with Crippen LogP contribution in [0.4, 0.5) is 23.5 Å². The summed E-state index contributed by atoms with van der Waals surface area (Å²) in [5.41, 5.74) is 18.7. The van der Waals surface area contributed by atoms with Crippen LogP contribution in [0.3, 0.4) is 0 Å². The van der Waals surface area contributed by atoms with Gasteiger partial charge in [0.05, 0.1) is 25.9 Å². The molecule has 9 atom stereocenters. The molecule has 55 heavy (non-hydrogen) atoms. The first kappa shape index (κ1) is 39.7. The van der Waals surface area contributed by atoms with Crippen LogP contribution >= 0.6 is 0 Å². The van der Waals surface area contributed by atoms with Gasteiger partial charge in [0.25, 0.3) is 0 Å². The molecule has 0 radical (unpaired) electrons. The molecule has 0 spiro atoms. The van der Waals surface area contributed by atoms with Crippen molar-refractivity contribution in [2.24, 2.45) is 22.0 Å². The standard InChI is InChI=1S/C17H23N7O4.C16H25N7O4/c18-14-11-15(22-17(21-14)23-20-6-9-4-2-1-3-5-9)24(8-19-11)16-13(27)12(26)10(7-25)28-16;1-8(2)4-3-5-19-22-16-20-13(17)10-14(21-16)23(7-18-10)15-12(26)11(25)9(6-24)27-15/h1-2,6,8-10,12-13,16,25-27H,3-5,7H2,(H3,18,21,22,23);5,7-9,11-12,15,24-26H,3-4,6H2,1-2H3,(H3,17,20,21,22)/t9?,10-,12-,13-,16-;9-,11-,12-,15-/m11/s1. The van der Waals surface area contributed by atoms with Crippen LogP contribution in [0.5, 0.6) is 0 Å². The third-order valence-corrected chi connectivity index (χ3v) is 9.37. The fraction of sp³-hybridized carbons (Fsp3) is 0.576. The molecule has 2 saturated heterocycles. The first-order valence-electron chi connectivity index (χ1n) is 18.0. The second kappa shape index (κ2) is 17.7. The fourth-order valence-electron chi connectivity index (χ4n) is 6.30. The number of fused-ring (bicyclic) bond motifs is 2. The van der Waals surface area contributed by atoms with Gasteiger partial charge in [-0.3, -0.25) is 9.13 Å². The Balaban J connectivity index is 0.000000187. The van der Waals surface area contributed by atoms with Gasteiger partial charge >= 0.3 is 0 Å². The number of hydrogen-bond donors (Lipinski definition) is 10. The van der Waals surface area contributed by atoms with Crippen molar-refractivity contribution in [3.05, 3.63) is 24.8 Å². The quantitative estimate of drug-likeness (QED) is 0.0499. The summed E-state index contributed by atoms with van der Waals surface area (Å²) >= 11 is 0. The van der Waals surface area contributed by atoms with Crippen molar-refractivity contribution in [2.45, 2.75) is 95.0 Å². The van der Waals surface area contributed by atoms with Crippen molar-refractivity contribution in [1.29, 1.82) is 0 Å². The molecular formula is C33H48N14O8. The molecule has 2 aliphatic heterocycles. The van der Waals surface area contributed by atoms with E-state index in [0.717, 1.165) is 32.1 Å². The lowest BCUT2D eigenvalue weighted by atomic mass is 9.96. The van der Waals surface area contributed by atoms with Gasteiger partial charge in [-0.15, -0.1) is 0 Å². The highest BCUT2D eigenvalue weighted by Crippen LogP contribution is 2.34. The maximum atomic E-state index is 10.3. The topological polar surface area (TPSA) is 328 Å². The Labute approximate surface area is 314 Å². The fourth-order valence-corrected chi connectivity index (χ4v) is 6.30. The summed E-state index contributed by atoms with van der Waals surface area (Å²) in [6, 6.07) is 0. The van der Waals surface area contributed by atoms with Gasteiger partial charge in [0.2, 0.25) is 11.9 Å². The number of hydrazone groups is 2. The normalized spacial score (nSPS) is 28.2. The molecular weight excluding hydrogens is 720 g/mol. The summed E-state index contributed by atoms with van der Waals surface area (Å²) in [5.74, 6) is 1.60. The third-order valence-electron chi connectivity index (χ3n) is 9.37. The smallest absolute Gasteiger partial charge is 0.247 e. The van der Waals surface area contributed by atoms with Crippen LogP contribution in [-0.4, -0.2) is 132 Å². The molecule has 22 heteroatoms. The lowest BCUT2D eigenvalue weighted by molar-refractivity contribution is -0.0511. The molecule has 298 valence electrons. The van der Waals surface area contributed by atoms with Crippen molar-refractivity contribution in [1.82, 2.24) is 39.0 Å². The summed E-state index contributed by atoms with van der Waals surface area (Å²) in [7, 11) is 0. The lowest BCUT2D eigenvalue weighted by Crippen LogP contribution is -2.33. The van der Waals surface area contributed by atoms with E-state index in [4.69, 9.17) is 20.9 Å². The molecule has 7 rings (SSSR count). The number of anilines is 4. The molecule has 1 aliphatic carbocycles. The van der Waals surface area contributed by atoms with Crippen molar-refractivity contribution in [3.63, 3.8) is 0 Å². The zero-order chi connectivity index (χ0) is 39.2. The number of aromatic nitrogens is 8. The first-order chi connectivity index (χ1) is 26.5. The Kier molecular flexibility index (Phi) is 12.8. The number of nitrogens with zero attached hydrogens (tertiary/aromatic N) is 10. The first-order valence-corrected chi connectivity index (χ1v) is 18.0. The number of aliphatic hydroxyl groups is 6. The highest BCUT2D eigenvalue weighted by atomic mass is 16.6. The Hall–Kier alpha value is -4.94. The van der Waals surface area contributed by atoms with Crippen LogP contribution < -0.4 is 22.3 Å². The number of allylic oxidation sites excluding steroid dienone is 2. The molecule has 4 aromatic heterocycles. The Morgan fingerprint density at radius 2 is 1.33 bits per heavy atom. The average molecular weight is 769 g/mol. The molecule has 2 fully saturated rings. The van der Waals surface area contributed by atoms with E-state index < -0.39 is 62.3 Å². The molecule has 0 bridgehead atoms. The van der Waals surface area contributed by atoms with E-state index in [1.54, 1.807) is 6.21 Å². The van der Waals surface area contributed by atoms with E-state index in [9.17, 15) is 30.6 Å². The highest BCUT2D eigenvalue weighted by molar-refractivity contribution is 5.84. The Morgan fingerprint density at radius 1 is 0.800 bits per heavy atom. The van der Waals surface area contributed by atoms with Crippen LogP contribution in [0, 0.1) is 11.8 Å². The maximum Gasteiger partial charge on any atom is 0.247 e. The summed E-state index contributed by atoms with van der Waals surface area (Å²) in [6.07, 6.45) is 6.88. The number of nitrogen functional groups attached to an aromatic ring is 2. The number of ether oxygens (including phenoxy) is 2. The number of hydrogen-bond acceptors (Lipinski definition) is 20. The summed E-state index contributed by atoms with van der Waals surface area (Å²) in [5, 5.41) is 67.3. The van der Waals surface area contributed by atoms with Gasteiger partial charge in [-0.1, -0.05) is 26.0 Å². The number of imidazole rings is 2. The van der Waals surface area contributed by atoms with Gasteiger partial charge in [-0.05, 0) is 43.9 Å². The number of aliphatic hydroxyl groups excluding tert-OH is 6. The predicted octanol–water partition coefficient (Wildman–Crippen LogP) is -0.372. The Morgan fingerprint density at radius 3 is 1.78 bits per heavy atom. The van der Waals surface area contributed by atoms with Crippen molar-refractivity contribution in [2.75, 3.05) is 35.5 Å². The molecule has 4 aromatic rings. The van der Waals surface area contributed by atoms with Crippen molar-refractivity contribution < 1.29 is 40.1 Å². The van der Waals surface area contributed by atoms with E-state index in [1.165, 1.54) is 21.8 Å². The van der Waals surface area contributed by atoms with Crippen LogP contribution in [0.25, 0.3) is 22.3 Å². The number of nitrogens with one attached hydrogen (secondary N) is 2. The summed E-state index contributed by atoms with van der Waals surface area (Å²) in [6.45, 7) is 3.43. The maximum absolute atomic E-state index is 10.3. The molecule has 0 aromatic carbocycles. The minimum atomic E-state index is -1.25. The number of nitrogens with two attached hydrogens (primary N) is 2. The van der Waals surface area contributed by atoms with E-state index in [2.05, 4.69) is 77.0 Å². The number of rotatable bonds is 12. The van der Waals surface area contributed by atoms with Gasteiger partial charge in [0.1, 0.15) is 47.7 Å². The van der Waals surface area contributed by atoms with Crippen molar-refractivity contribution >= 4 is 58.3 Å². The summed E-state index contributed by atoms with van der Waals surface area (Å²) in [4.78, 5) is 25.3. The monoisotopic (exact) mass is 768 g/mol. The largest absolute Gasteiger partial charge is 0.394 e. The van der Waals surface area contributed by atoms with E-state index in [1.807, 2.05) is 6.21 Å². The second-order valence-corrected chi connectivity index (χ2v) is 13.8. The lowest BCUT2D eigenvalue weighted by Gasteiger charge is -2.16. The van der Waals surface area contributed by atoms with E-state index in [-0.39, 0.29) is 23.5 Å². The Bertz CT molecular complexity index is 1990. The molecule has 3 aliphatic rings. The van der Waals surface area contributed by atoms with Gasteiger partial charge < -0.3 is 51.6 Å². The van der Waals surface area contributed by atoms with Gasteiger partial charge in [-0.2, -0.15) is 30.1 Å². The van der Waals surface area contributed by atoms with Gasteiger partial charge in [-0.25, -0.2) is 20.8 Å². The van der Waals surface area contributed by atoms with E-state index >= 15 is 0 Å². The molecule has 12 N–H and O–H groups in total. The third kappa shape index (κ3) is 8.81. The minimum absolute atomic E-state index is 0.144. The van der Waals surface area contributed by atoms with Crippen LogP contribution in [0.15, 0.2) is 35.0 Å². The van der Waals surface area contributed by atoms with Gasteiger partial charge in [0.15, 0.2) is 35.4 Å². The van der Waals surface area contributed by atoms with Gasteiger partial charge in [0, 0.05) is 12.4 Å². The zero-order valence-electron chi connectivity index (χ0n) is 30.3.